The van der Waals surface area contributed by atoms with Crippen molar-refractivity contribution in [3.05, 3.63) is 164 Å². The lowest BCUT2D eigenvalue weighted by Gasteiger charge is -2.04. The lowest BCUT2D eigenvalue weighted by molar-refractivity contribution is 0.566. The van der Waals surface area contributed by atoms with Gasteiger partial charge in [0, 0.05) is 21.9 Å². The number of hydrogen-bond donors (Lipinski definition) is 0. The quantitative estimate of drug-likeness (QED) is 0.146. The minimum absolute atomic E-state index is 0.0846. The fourth-order valence-electron chi connectivity index (χ4n) is 4.54. The van der Waals surface area contributed by atoms with E-state index in [1.165, 1.54) is 38.1 Å². The van der Waals surface area contributed by atoms with E-state index in [0.717, 1.165) is 22.1 Å². The Hall–Kier alpha value is -4.58. The molecule has 0 bridgehead atoms. The summed E-state index contributed by atoms with van der Waals surface area (Å²) in [6.07, 6.45) is 0. The average Bonchev–Trinajstić information content (AvgIpc) is 2.99. The van der Waals surface area contributed by atoms with Crippen molar-refractivity contribution < 1.29 is 26.3 Å². The van der Waals surface area contributed by atoms with Crippen molar-refractivity contribution in [3.63, 3.8) is 0 Å². The highest BCUT2D eigenvalue weighted by atomic mass is 19.2. The maximum atomic E-state index is 13.6. The van der Waals surface area contributed by atoms with Crippen LogP contribution in [0.4, 0.5) is 26.3 Å². The van der Waals surface area contributed by atoms with Crippen molar-refractivity contribution in [1.29, 1.82) is 0 Å². The highest BCUT2D eigenvalue weighted by Crippen LogP contribution is 2.24. The summed E-state index contributed by atoms with van der Waals surface area (Å²) in [6.45, 7) is 13.9. The second-order valence-electron chi connectivity index (χ2n) is 11.5. The molecule has 0 fully saturated rings. The van der Waals surface area contributed by atoms with Gasteiger partial charge in [-0.25, -0.2) is 26.3 Å². The van der Waals surface area contributed by atoms with Gasteiger partial charge in [-0.1, -0.05) is 71.8 Å². The standard InChI is InChI=1S/C12H10F2.C12H11F.C8H8F2.C8H9F/c1-7-3-4-10-9(5-7)6-11(13)8(2)12(10)14;1-8-3-6-11-10(7-8)5-4-9(2)12(11)13;1-5-3-7(9)6(2)8(10)4-5;1-6-3-4-7(2)8(9)5-6/h3-6H,1-2H3;3-7H,1-2H3;3-4H,1-2H3;3-5H,1-2H3. The van der Waals surface area contributed by atoms with Crippen molar-refractivity contribution in [2.45, 2.75) is 55.4 Å². The molecule has 240 valence electrons. The zero-order valence-electron chi connectivity index (χ0n) is 27.4. The Morgan fingerprint density at radius 2 is 0.761 bits per heavy atom. The monoisotopic (exact) mass is 632 g/mol. The third kappa shape index (κ3) is 9.23. The molecule has 6 heteroatoms. The summed E-state index contributed by atoms with van der Waals surface area (Å²) in [5, 5.41) is 2.79. The Labute approximate surface area is 267 Å². The molecule has 0 radical (unpaired) electrons. The van der Waals surface area contributed by atoms with E-state index in [0.29, 0.717) is 32.8 Å². The van der Waals surface area contributed by atoms with Crippen LogP contribution in [0.15, 0.2) is 84.9 Å². The van der Waals surface area contributed by atoms with Crippen LogP contribution in [0.3, 0.4) is 0 Å². The predicted molar refractivity (Wildman–Crippen MR) is 178 cm³/mol. The van der Waals surface area contributed by atoms with Crippen LogP contribution in [0, 0.1) is 90.3 Å². The summed E-state index contributed by atoms with van der Waals surface area (Å²) in [5.74, 6) is -2.11. The van der Waals surface area contributed by atoms with Crippen LogP contribution in [0.1, 0.15) is 44.5 Å². The van der Waals surface area contributed by atoms with Crippen molar-refractivity contribution >= 4 is 21.5 Å². The number of hydrogen-bond acceptors (Lipinski definition) is 0. The molecule has 0 aromatic heterocycles. The number of benzene rings is 6. The topological polar surface area (TPSA) is 0 Å². The lowest BCUT2D eigenvalue weighted by atomic mass is 10.0. The Bertz CT molecular complexity index is 1970. The fourth-order valence-corrected chi connectivity index (χ4v) is 4.54. The second-order valence-corrected chi connectivity index (χ2v) is 11.5. The van der Waals surface area contributed by atoms with Crippen molar-refractivity contribution in [1.82, 2.24) is 0 Å². The van der Waals surface area contributed by atoms with Gasteiger partial charge in [-0.15, -0.1) is 0 Å². The van der Waals surface area contributed by atoms with Crippen LogP contribution in [0.2, 0.25) is 0 Å². The van der Waals surface area contributed by atoms with Crippen molar-refractivity contribution in [3.8, 4) is 0 Å². The van der Waals surface area contributed by atoms with Gasteiger partial charge in [-0.05, 0) is 113 Å². The highest BCUT2D eigenvalue weighted by Gasteiger charge is 2.09. The van der Waals surface area contributed by atoms with Crippen molar-refractivity contribution in [2.24, 2.45) is 0 Å². The molecule has 46 heavy (non-hydrogen) atoms. The van der Waals surface area contributed by atoms with E-state index in [4.69, 9.17) is 0 Å². The van der Waals surface area contributed by atoms with E-state index >= 15 is 0 Å². The average molecular weight is 633 g/mol. The van der Waals surface area contributed by atoms with Gasteiger partial charge < -0.3 is 0 Å². The molecule has 0 saturated carbocycles. The van der Waals surface area contributed by atoms with Crippen LogP contribution in [0.25, 0.3) is 21.5 Å². The van der Waals surface area contributed by atoms with Gasteiger partial charge in [0.05, 0.1) is 0 Å². The molecule has 0 nitrogen and oxygen atoms in total. The lowest BCUT2D eigenvalue weighted by Crippen LogP contribution is -1.90. The number of aryl methyl sites for hydroxylation is 6. The summed E-state index contributed by atoms with van der Waals surface area (Å²) in [6, 6.07) is 24.1. The molecule has 0 atom stereocenters. The van der Waals surface area contributed by atoms with E-state index in [1.54, 1.807) is 39.0 Å². The zero-order chi connectivity index (χ0) is 34.3. The molecule has 0 aliphatic heterocycles. The van der Waals surface area contributed by atoms with Gasteiger partial charge >= 0.3 is 0 Å². The summed E-state index contributed by atoms with van der Waals surface area (Å²) in [7, 11) is 0. The first-order valence-corrected chi connectivity index (χ1v) is 14.7. The molecule has 0 saturated heterocycles. The summed E-state index contributed by atoms with van der Waals surface area (Å²) >= 11 is 0. The second kappa shape index (κ2) is 15.6. The number of fused-ring (bicyclic) bond motifs is 2. The SMILES string of the molecule is Cc1cc(F)c(C)c(F)c1.Cc1ccc(C)c(F)c1.Cc1ccc2c(F)c(C)c(F)cc2c1.Cc1ccc2c(F)c(C)ccc2c1. The van der Waals surface area contributed by atoms with Gasteiger partial charge in [-0.2, -0.15) is 0 Å². The number of rotatable bonds is 0. The summed E-state index contributed by atoms with van der Waals surface area (Å²) in [4.78, 5) is 0. The summed E-state index contributed by atoms with van der Waals surface area (Å²) < 4.78 is 78.1. The molecule has 6 rings (SSSR count). The molecule has 0 aliphatic carbocycles. The molecule has 0 heterocycles. The first-order chi connectivity index (χ1) is 21.6. The minimum atomic E-state index is -0.486. The molecule has 6 aromatic rings. The molecular formula is C40H38F6. The van der Waals surface area contributed by atoms with Gasteiger partial charge in [0.25, 0.3) is 0 Å². The molecule has 0 spiro atoms. The van der Waals surface area contributed by atoms with Crippen LogP contribution < -0.4 is 0 Å². The molecule has 0 unspecified atom stereocenters. The third-order valence-corrected chi connectivity index (χ3v) is 7.47. The molecule has 0 aliphatic rings. The number of halogens is 6. The zero-order valence-corrected chi connectivity index (χ0v) is 27.4. The summed E-state index contributed by atoms with van der Waals surface area (Å²) in [5.41, 5.74) is 5.33. The predicted octanol–water partition coefficient (Wildman–Crippen LogP) is 12.4. The Balaban J connectivity index is 0.000000170. The first kappa shape index (κ1) is 35.9. The Morgan fingerprint density at radius 1 is 0.326 bits per heavy atom. The van der Waals surface area contributed by atoms with Crippen LogP contribution in [-0.2, 0) is 0 Å². The van der Waals surface area contributed by atoms with Gasteiger partial charge in [-0.3, -0.25) is 0 Å². The first-order valence-electron chi connectivity index (χ1n) is 14.7. The fraction of sp³-hybridized carbons (Fsp3) is 0.200. The van der Waals surface area contributed by atoms with E-state index in [2.05, 4.69) is 0 Å². The maximum Gasteiger partial charge on any atom is 0.136 e. The maximum absolute atomic E-state index is 13.6. The van der Waals surface area contributed by atoms with Crippen LogP contribution in [-0.4, -0.2) is 0 Å². The molecular weight excluding hydrogens is 594 g/mol. The Morgan fingerprint density at radius 3 is 1.30 bits per heavy atom. The van der Waals surface area contributed by atoms with Gasteiger partial charge in [0.1, 0.15) is 34.9 Å². The van der Waals surface area contributed by atoms with Crippen LogP contribution >= 0.6 is 0 Å². The minimum Gasteiger partial charge on any atom is -0.207 e. The van der Waals surface area contributed by atoms with E-state index < -0.39 is 23.3 Å². The van der Waals surface area contributed by atoms with E-state index in [-0.39, 0.29) is 22.8 Å². The highest BCUT2D eigenvalue weighted by molar-refractivity contribution is 5.85. The van der Waals surface area contributed by atoms with Gasteiger partial charge in [0.15, 0.2) is 0 Å². The van der Waals surface area contributed by atoms with E-state index in [1.807, 2.05) is 63.2 Å². The van der Waals surface area contributed by atoms with Crippen LogP contribution in [0.5, 0.6) is 0 Å². The third-order valence-electron chi connectivity index (χ3n) is 7.47. The van der Waals surface area contributed by atoms with Crippen molar-refractivity contribution in [2.75, 3.05) is 0 Å². The smallest absolute Gasteiger partial charge is 0.136 e. The molecule has 0 amide bonds. The molecule has 0 N–H and O–H groups in total. The molecule has 6 aromatic carbocycles. The van der Waals surface area contributed by atoms with E-state index in [9.17, 15) is 26.3 Å². The Kier molecular flexibility index (Phi) is 12.2. The van der Waals surface area contributed by atoms with Gasteiger partial charge in [0.2, 0.25) is 0 Å². The normalized spacial score (nSPS) is 10.4. The largest absolute Gasteiger partial charge is 0.207 e.